The maximum absolute atomic E-state index is 11.3. The van der Waals surface area contributed by atoms with Gasteiger partial charge in [-0.15, -0.1) is 0 Å². The fourth-order valence-electron chi connectivity index (χ4n) is 1.25. The molecular weight excluding hydrogens is 204 g/mol. The lowest BCUT2D eigenvalue weighted by atomic mass is 10.4. The number of rotatable bonds is 1. The van der Waals surface area contributed by atoms with E-state index in [1.54, 1.807) is 18.3 Å². The molecule has 72 valence electrons. The molecule has 0 N–H and O–H groups in total. The molecule has 0 fully saturated rings. The molecule has 0 saturated heterocycles. The Morgan fingerprint density at radius 1 is 1.64 bits per heavy atom. The van der Waals surface area contributed by atoms with Gasteiger partial charge in [-0.25, -0.2) is 9.31 Å². The molecule has 2 heterocycles. The van der Waals surface area contributed by atoms with Gasteiger partial charge < -0.3 is 4.74 Å². The first kappa shape index (κ1) is 9.02. The minimum atomic E-state index is -0.453. The maximum atomic E-state index is 11.3. The average Bonchev–Trinajstić information content (AvgIpc) is 2.56. The van der Waals surface area contributed by atoms with Crippen LogP contribution in [-0.2, 0) is 4.74 Å². The standard InChI is InChI=1S/C9H7ClN2O2/c1-14-9(13)8-5-6(10)7-3-2-4-11-12(7)8/h2-5H,1H3. The molecule has 14 heavy (non-hydrogen) atoms. The average molecular weight is 211 g/mol. The van der Waals surface area contributed by atoms with Crippen molar-refractivity contribution in [1.82, 2.24) is 9.61 Å². The minimum absolute atomic E-state index is 0.327. The number of halogens is 1. The molecule has 0 aromatic carbocycles. The first-order chi connectivity index (χ1) is 6.74. The normalized spacial score (nSPS) is 10.4. The van der Waals surface area contributed by atoms with E-state index in [0.29, 0.717) is 16.2 Å². The first-order valence-corrected chi connectivity index (χ1v) is 4.32. The van der Waals surface area contributed by atoms with Crippen molar-refractivity contribution in [3.8, 4) is 0 Å². The topological polar surface area (TPSA) is 43.6 Å². The van der Waals surface area contributed by atoms with Crippen LogP contribution >= 0.6 is 11.6 Å². The van der Waals surface area contributed by atoms with E-state index in [1.807, 2.05) is 0 Å². The zero-order chi connectivity index (χ0) is 10.1. The van der Waals surface area contributed by atoms with Crippen molar-refractivity contribution in [2.45, 2.75) is 0 Å². The van der Waals surface area contributed by atoms with Crippen LogP contribution in [0.15, 0.2) is 24.4 Å². The molecule has 0 aliphatic carbocycles. The number of aromatic nitrogens is 2. The predicted octanol–water partition coefficient (Wildman–Crippen LogP) is 1.77. The van der Waals surface area contributed by atoms with Crippen molar-refractivity contribution in [1.29, 1.82) is 0 Å². The summed E-state index contributed by atoms with van der Waals surface area (Å²) >= 11 is 5.91. The summed E-state index contributed by atoms with van der Waals surface area (Å²) in [5.74, 6) is -0.453. The van der Waals surface area contributed by atoms with Gasteiger partial charge in [0.05, 0.1) is 17.6 Å². The summed E-state index contributed by atoms with van der Waals surface area (Å²) in [7, 11) is 1.32. The number of carbonyl (C=O) groups excluding carboxylic acids is 1. The number of methoxy groups -OCH3 is 1. The van der Waals surface area contributed by atoms with E-state index in [2.05, 4.69) is 9.84 Å². The summed E-state index contributed by atoms with van der Waals surface area (Å²) in [4.78, 5) is 11.3. The Morgan fingerprint density at radius 3 is 3.14 bits per heavy atom. The number of carbonyl (C=O) groups is 1. The fourth-order valence-corrected chi connectivity index (χ4v) is 1.50. The summed E-state index contributed by atoms with van der Waals surface area (Å²) in [6.45, 7) is 0. The molecule has 4 nitrogen and oxygen atoms in total. The van der Waals surface area contributed by atoms with Gasteiger partial charge in [0.2, 0.25) is 0 Å². The van der Waals surface area contributed by atoms with E-state index in [0.717, 1.165) is 0 Å². The molecule has 0 atom stereocenters. The number of ether oxygens (including phenoxy) is 1. The molecule has 0 aliphatic heterocycles. The Labute approximate surface area is 85.0 Å². The highest BCUT2D eigenvalue weighted by atomic mass is 35.5. The summed E-state index contributed by atoms with van der Waals surface area (Å²) in [5, 5.41) is 4.49. The van der Waals surface area contributed by atoms with Crippen molar-refractivity contribution in [3.63, 3.8) is 0 Å². The number of nitrogens with zero attached hydrogens (tertiary/aromatic N) is 2. The van der Waals surface area contributed by atoms with Gasteiger partial charge in [-0.1, -0.05) is 11.6 Å². The van der Waals surface area contributed by atoms with Crippen molar-refractivity contribution in [2.75, 3.05) is 7.11 Å². The van der Waals surface area contributed by atoms with Crippen LogP contribution in [0, 0.1) is 0 Å². The summed E-state index contributed by atoms with van der Waals surface area (Å²) < 4.78 is 6.05. The number of esters is 1. The predicted molar refractivity (Wildman–Crippen MR) is 51.5 cm³/mol. The Morgan fingerprint density at radius 2 is 2.43 bits per heavy atom. The Bertz CT molecular complexity index is 493. The zero-order valence-electron chi connectivity index (χ0n) is 7.40. The van der Waals surface area contributed by atoms with E-state index < -0.39 is 5.97 Å². The zero-order valence-corrected chi connectivity index (χ0v) is 8.15. The molecule has 0 amide bonds. The molecule has 2 aromatic rings. The highest BCUT2D eigenvalue weighted by Crippen LogP contribution is 2.20. The highest BCUT2D eigenvalue weighted by Gasteiger charge is 2.14. The van der Waals surface area contributed by atoms with E-state index in [-0.39, 0.29) is 0 Å². The van der Waals surface area contributed by atoms with Crippen molar-refractivity contribution in [3.05, 3.63) is 35.1 Å². The van der Waals surface area contributed by atoms with Crippen LogP contribution in [0.5, 0.6) is 0 Å². The van der Waals surface area contributed by atoms with Crippen molar-refractivity contribution in [2.24, 2.45) is 0 Å². The molecule has 5 heteroatoms. The molecule has 0 saturated carbocycles. The summed E-state index contributed by atoms with van der Waals surface area (Å²) in [6.07, 6.45) is 1.58. The Balaban J connectivity index is 2.72. The summed E-state index contributed by atoms with van der Waals surface area (Å²) in [5.41, 5.74) is 1.02. The van der Waals surface area contributed by atoms with Crippen LogP contribution in [0.2, 0.25) is 5.02 Å². The van der Waals surface area contributed by atoms with Gasteiger partial charge in [-0.2, -0.15) is 5.10 Å². The molecule has 0 spiro atoms. The molecule has 0 aliphatic rings. The minimum Gasteiger partial charge on any atom is -0.464 e. The SMILES string of the molecule is COC(=O)c1cc(Cl)c2cccnn12. The van der Waals surface area contributed by atoms with Gasteiger partial charge in [-0.3, -0.25) is 0 Å². The third-order valence-corrected chi connectivity index (χ3v) is 2.18. The van der Waals surface area contributed by atoms with E-state index in [9.17, 15) is 4.79 Å². The van der Waals surface area contributed by atoms with Crippen LogP contribution in [0.1, 0.15) is 10.5 Å². The Hall–Kier alpha value is -1.55. The van der Waals surface area contributed by atoms with E-state index in [4.69, 9.17) is 11.6 Å². The van der Waals surface area contributed by atoms with Gasteiger partial charge in [0, 0.05) is 6.20 Å². The van der Waals surface area contributed by atoms with Crippen molar-refractivity contribution >= 4 is 23.1 Å². The van der Waals surface area contributed by atoms with Crippen molar-refractivity contribution < 1.29 is 9.53 Å². The molecular formula is C9H7ClN2O2. The molecule has 0 radical (unpaired) electrons. The molecule has 2 aromatic heterocycles. The van der Waals surface area contributed by atoms with Crippen LogP contribution in [-0.4, -0.2) is 22.7 Å². The fraction of sp³-hybridized carbons (Fsp3) is 0.111. The molecule has 0 bridgehead atoms. The van der Waals surface area contributed by atoms with Crippen LogP contribution in [0.3, 0.4) is 0 Å². The number of hydrogen-bond acceptors (Lipinski definition) is 3. The van der Waals surface area contributed by atoms with Gasteiger partial charge >= 0.3 is 5.97 Å². The quantitative estimate of drug-likeness (QED) is 0.674. The lowest BCUT2D eigenvalue weighted by molar-refractivity contribution is 0.0591. The smallest absolute Gasteiger partial charge is 0.356 e. The van der Waals surface area contributed by atoms with Crippen LogP contribution in [0.25, 0.3) is 5.52 Å². The first-order valence-electron chi connectivity index (χ1n) is 3.94. The van der Waals surface area contributed by atoms with E-state index in [1.165, 1.54) is 17.7 Å². The highest BCUT2D eigenvalue weighted by molar-refractivity contribution is 6.34. The van der Waals surface area contributed by atoms with Crippen LogP contribution in [0.4, 0.5) is 0 Å². The van der Waals surface area contributed by atoms with Gasteiger partial charge in [0.15, 0.2) is 5.69 Å². The Kier molecular flexibility index (Phi) is 2.13. The second-order valence-electron chi connectivity index (χ2n) is 2.69. The van der Waals surface area contributed by atoms with E-state index >= 15 is 0 Å². The summed E-state index contributed by atoms with van der Waals surface area (Å²) in [6, 6.07) is 5.07. The monoisotopic (exact) mass is 210 g/mol. The molecule has 2 rings (SSSR count). The third kappa shape index (κ3) is 1.24. The van der Waals surface area contributed by atoms with Gasteiger partial charge in [0.1, 0.15) is 0 Å². The second kappa shape index (κ2) is 3.31. The second-order valence-corrected chi connectivity index (χ2v) is 3.10. The molecule has 0 unspecified atom stereocenters. The number of fused-ring (bicyclic) bond motifs is 1. The lowest BCUT2D eigenvalue weighted by Gasteiger charge is -1.97. The maximum Gasteiger partial charge on any atom is 0.356 e. The van der Waals surface area contributed by atoms with Gasteiger partial charge in [-0.05, 0) is 18.2 Å². The number of hydrogen-bond donors (Lipinski definition) is 0. The van der Waals surface area contributed by atoms with Crippen LogP contribution < -0.4 is 0 Å². The third-order valence-electron chi connectivity index (χ3n) is 1.88. The lowest BCUT2D eigenvalue weighted by Crippen LogP contribution is -2.06. The van der Waals surface area contributed by atoms with Gasteiger partial charge in [0.25, 0.3) is 0 Å². The largest absolute Gasteiger partial charge is 0.464 e.